The van der Waals surface area contributed by atoms with Crippen LogP contribution < -0.4 is 0 Å². The van der Waals surface area contributed by atoms with Crippen LogP contribution in [-0.2, 0) is 0 Å². The fraction of sp³-hybridized carbons (Fsp3) is 0.214. The largest absolute Gasteiger partial charge is 0.321 e. The molecule has 0 amide bonds. The normalized spacial score (nSPS) is 11.6. The van der Waals surface area contributed by atoms with Gasteiger partial charge in [0.25, 0.3) is 0 Å². The van der Waals surface area contributed by atoms with Crippen LogP contribution in [0.2, 0.25) is 5.02 Å². The van der Waals surface area contributed by atoms with E-state index in [2.05, 4.69) is 35.9 Å². The molecule has 0 radical (unpaired) electrons. The zero-order valence-corrected chi connectivity index (χ0v) is 11.8. The standard InChI is InChI=1S/C14H13ClN2S/c1-9(2)17-12-6-5-10(15)8-11(12)16-14(17)13-4-3-7-18-13/h3-9H,1-2H3. The first-order valence-electron chi connectivity index (χ1n) is 5.88. The molecule has 0 spiro atoms. The molecule has 0 saturated carbocycles. The minimum Gasteiger partial charge on any atom is -0.321 e. The Kier molecular flexibility index (Phi) is 2.88. The third kappa shape index (κ3) is 1.84. The molecule has 0 N–H and O–H groups in total. The van der Waals surface area contributed by atoms with Gasteiger partial charge in [0.05, 0.1) is 15.9 Å². The van der Waals surface area contributed by atoms with Gasteiger partial charge in [-0.1, -0.05) is 17.7 Å². The number of imidazole rings is 1. The highest BCUT2D eigenvalue weighted by Crippen LogP contribution is 2.31. The summed E-state index contributed by atoms with van der Waals surface area (Å²) in [5.41, 5.74) is 2.09. The van der Waals surface area contributed by atoms with Gasteiger partial charge in [-0.05, 0) is 43.5 Å². The van der Waals surface area contributed by atoms with Gasteiger partial charge in [-0.25, -0.2) is 4.98 Å². The second-order valence-electron chi connectivity index (χ2n) is 4.51. The van der Waals surface area contributed by atoms with Crippen LogP contribution in [0.15, 0.2) is 35.7 Å². The van der Waals surface area contributed by atoms with E-state index in [9.17, 15) is 0 Å². The first kappa shape index (κ1) is 11.8. The number of fused-ring (bicyclic) bond motifs is 1. The van der Waals surface area contributed by atoms with Crippen LogP contribution in [0.4, 0.5) is 0 Å². The molecular formula is C14H13ClN2S. The molecule has 1 aromatic carbocycles. The number of thiophene rings is 1. The Morgan fingerprint density at radius 2 is 2.11 bits per heavy atom. The zero-order chi connectivity index (χ0) is 12.7. The molecule has 92 valence electrons. The molecule has 0 aliphatic heterocycles. The molecule has 2 heterocycles. The minimum atomic E-state index is 0.369. The summed E-state index contributed by atoms with van der Waals surface area (Å²) in [6, 6.07) is 10.4. The van der Waals surface area contributed by atoms with E-state index in [4.69, 9.17) is 16.6 Å². The highest BCUT2D eigenvalue weighted by atomic mass is 35.5. The van der Waals surface area contributed by atoms with E-state index in [-0.39, 0.29) is 0 Å². The molecule has 0 saturated heterocycles. The van der Waals surface area contributed by atoms with E-state index in [0.717, 1.165) is 21.9 Å². The maximum absolute atomic E-state index is 6.04. The predicted molar refractivity (Wildman–Crippen MR) is 78.4 cm³/mol. The van der Waals surface area contributed by atoms with Gasteiger partial charge in [-0.2, -0.15) is 0 Å². The van der Waals surface area contributed by atoms with Crippen molar-refractivity contribution in [2.75, 3.05) is 0 Å². The lowest BCUT2D eigenvalue weighted by Gasteiger charge is -2.11. The Morgan fingerprint density at radius 1 is 1.28 bits per heavy atom. The van der Waals surface area contributed by atoms with Crippen molar-refractivity contribution >= 4 is 34.0 Å². The molecule has 18 heavy (non-hydrogen) atoms. The van der Waals surface area contributed by atoms with Crippen LogP contribution in [0.3, 0.4) is 0 Å². The van der Waals surface area contributed by atoms with Crippen LogP contribution in [0.5, 0.6) is 0 Å². The van der Waals surface area contributed by atoms with Crippen LogP contribution in [0, 0.1) is 0 Å². The van der Waals surface area contributed by atoms with Crippen molar-refractivity contribution in [3.8, 4) is 10.7 Å². The smallest absolute Gasteiger partial charge is 0.151 e. The lowest BCUT2D eigenvalue weighted by Crippen LogP contribution is -2.02. The molecule has 3 rings (SSSR count). The second kappa shape index (κ2) is 4.41. The summed E-state index contributed by atoms with van der Waals surface area (Å²) < 4.78 is 2.26. The summed E-state index contributed by atoms with van der Waals surface area (Å²) in [5, 5.41) is 2.81. The number of rotatable bonds is 2. The molecule has 0 bridgehead atoms. The Bertz CT molecular complexity index is 683. The summed E-state index contributed by atoms with van der Waals surface area (Å²) in [5.74, 6) is 1.03. The minimum absolute atomic E-state index is 0.369. The van der Waals surface area contributed by atoms with Crippen molar-refractivity contribution in [2.45, 2.75) is 19.9 Å². The average Bonchev–Trinajstić information content (AvgIpc) is 2.93. The molecule has 0 fully saturated rings. The van der Waals surface area contributed by atoms with E-state index in [1.807, 2.05) is 18.2 Å². The third-order valence-electron chi connectivity index (χ3n) is 2.91. The Hall–Kier alpha value is -1.32. The lowest BCUT2D eigenvalue weighted by atomic mass is 10.3. The van der Waals surface area contributed by atoms with Gasteiger partial charge < -0.3 is 4.57 Å². The third-order valence-corrected chi connectivity index (χ3v) is 4.01. The summed E-state index contributed by atoms with van der Waals surface area (Å²) in [6.45, 7) is 4.35. The molecular weight excluding hydrogens is 264 g/mol. The molecule has 0 atom stereocenters. The van der Waals surface area contributed by atoms with E-state index < -0.39 is 0 Å². The van der Waals surface area contributed by atoms with Gasteiger partial charge in [0.1, 0.15) is 0 Å². The first-order valence-corrected chi connectivity index (χ1v) is 7.14. The van der Waals surface area contributed by atoms with Gasteiger partial charge in [0, 0.05) is 11.1 Å². The van der Waals surface area contributed by atoms with Gasteiger partial charge in [0.2, 0.25) is 0 Å². The van der Waals surface area contributed by atoms with E-state index in [1.54, 1.807) is 11.3 Å². The van der Waals surface area contributed by atoms with E-state index in [1.165, 1.54) is 4.88 Å². The topological polar surface area (TPSA) is 17.8 Å². The second-order valence-corrected chi connectivity index (χ2v) is 5.89. The van der Waals surface area contributed by atoms with Crippen molar-refractivity contribution < 1.29 is 0 Å². The number of halogens is 1. The van der Waals surface area contributed by atoms with Crippen molar-refractivity contribution in [1.29, 1.82) is 0 Å². The lowest BCUT2D eigenvalue weighted by molar-refractivity contribution is 0.625. The highest BCUT2D eigenvalue weighted by Gasteiger charge is 2.15. The summed E-state index contributed by atoms with van der Waals surface area (Å²) in [4.78, 5) is 5.92. The van der Waals surface area contributed by atoms with Crippen molar-refractivity contribution in [1.82, 2.24) is 9.55 Å². The van der Waals surface area contributed by atoms with Crippen molar-refractivity contribution in [3.05, 3.63) is 40.7 Å². The van der Waals surface area contributed by atoms with Crippen molar-refractivity contribution in [2.24, 2.45) is 0 Å². The van der Waals surface area contributed by atoms with Gasteiger partial charge in [-0.3, -0.25) is 0 Å². The van der Waals surface area contributed by atoms with Gasteiger partial charge in [0.15, 0.2) is 5.82 Å². The van der Waals surface area contributed by atoms with Gasteiger partial charge in [-0.15, -0.1) is 11.3 Å². The Balaban J connectivity index is 2.34. The molecule has 2 nitrogen and oxygen atoms in total. The maximum Gasteiger partial charge on any atom is 0.151 e. The van der Waals surface area contributed by atoms with Crippen LogP contribution in [0.1, 0.15) is 19.9 Å². The molecule has 2 aromatic heterocycles. The van der Waals surface area contributed by atoms with Crippen LogP contribution >= 0.6 is 22.9 Å². The van der Waals surface area contributed by atoms with E-state index in [0.29, 0.717) is 6.04 Å². The number of hydrogen-bond acceptors (Lipinski definition) is 2. The maximum atomic E-state index is 6.04. The average molecular weight is 277 g/mol. The van der Waals surface area contributed by atoms with E-state index >= 15 is 0 Å². The summed E-state index contributed by atoms with van der Waals surface area (Å²) >= 11 is 7.75. The van der Waals surface area contributed by atoms with Crippen molar-refractivity contribution in [3.63, 3.8) is 0 Å². The summed E-state index contributed by atoms with van der Waals surface area (Å²) in [6.07, 6.45) is 0. The van der Waals surface area contributed by atoms with Crippen LogP contribution in [-0.4, -0.2) is 9.55 Å². The zero-order valence-electron chi connectivity index (χ0n) is 10.2. The fourth-order valence-electron chi connectivity index (χ4n) is 2.17. The summed E-state index contributed by atoms with van der Waals surface area (Å²) in [7, 11) is 0. The first-order chi connectivity index (χ1) is 8.66. The number of benzene rings is 1. The number of hydrogen-bond donors (Lipinski definition) is 0. The Labute approximate surface area is 115 Å². The Morgan fingerprint density at radius 3 is 2.78 bits per heavy atom. The number of aromatic nitrogens is 2. The predicted octanol–water partition coefficient (Wildman–Crippen LogP) is 5.00. The molecule has 3 aromatic rings. The molecule has 4 heteroatoms. The monoisotopic (exact) mass is 276 g/mol. The fourth-order valence-corrected chi connectivity index (χ4v) is 3.05. The highest BCUT2D eigenvalue weighted by molar-refractivity contribution is 7.13. The SMILES string of the molecule is CC(C)n1c(-c2cccs2)nc2cc(Cl)ccc21. The molecule has 0 aliphatic carbocycles. The van der Waals surface area contributed by atoms with Gasteiger partial charge >= 0.3 is 0 Å². The molecule has 0 unspecified atom stereocenters. The van der Waals surface area contributed by atoms with Crippen LogP contribution in [0.25, 0.3) is 21.7 Å². The number of nitrogens with zero attached hydrogens (tertiary/aromatic N) is 2. The quantitative estimate of drug-likeness (QED) is 0.644. The molecule has 0 aliphatic rings.